The molecule has 0 N–H and O–H groups in total. The van der Waals surface area contributed by atoms with Crippen LogP contribution in [0.5, 0.6) is 5.75 Å². The lowest BCUT2D eigenvalue weighted by atomic mass is 10.0. The summed E-state index contributed by atoms with van der Waals surface area (Å²) in [5.41, 5.74) is 3.71. The summed E-state index contributed by atoms with van der Waals surface area (Å²) in [6.07, 6.45) is 2.85. The van der Waals surface area contributed by atoms with Crippen LogP contribution in [0.1, 0.15) is 25.0 Å². The number of ether oxygens (including phenoxy) is 1. The molecule has 0 aliphatic carbocycles. The molecule has 0 radical (unpaired) electrons. The molecule has 0 saturated carbocycles. The normalized spacial score (nSPS) is 10.5. The second-order valence-electron chi connectivity index (χ2n) is 3.90. The van der Waals surface area contributed by atoms with Gasteiger partial charge in [-0.2, -0.15) is 0 Å². The van der Waals surface area contributed by atoms with E-state index in [0.717, 1.165) is 17.2 Å². The molecule has 2 nitrogen and oxygen atoms in total. The first-order valence-electron chi connectivity index (χ1n) is 5.92. The maximum absolute atomic E-state index is 5.63. The number of hydrogen-bond donors (Lipinski definition) is 0. The van der Waals surface area contributed by atoms with Gasteiger partial charge < -0.3 is 4.74 Å². The number of aryl methyl sites for hydroxylation is 2. The Morgan fingerprint density at radius 3 is 2.71 bits per heavy atom. The Morgan fingerprint density at radius 2 is 2.12 bits per heavy atom. The van der Waals surface area contributed by atoms with Crippen LogP contribution in [0.3, 0.4) is 0 Å². The summed E-state index contributed by atoms with van der Waals surface area (Å²) >= 11 is 1.68. The summed E-state index contributed by atoms with van der Waals surface area (Å²) in [7, 11) is 0. The molecule has 0 amide bonds. The Labute approximate surface area is 106 Å². The first kappa shape index (κ1) is 12.1. The minimum atomic E-state index is 0.709. The van der Waals surface area contributed by atoms with Crippen LogP contribution in [-0.2, 0) is 6.42 Å². The standard InChI is InChI=1S/C14H17NOS/c1-4-11-9-13(16-5-2)10(3)8-12(11)14-15-6-7-17-14/h6-9H,4-5H2,1-3H3. The third-order valence-electron chi connectivity index (χ3n) is 2.74. The average Bonchev–Trinajstić information content (AvgIpc) is 2.85. The van der Waals surface area contributed by atoms with E-state index in [9.17, 15) is 0 Å². The Kier molecular flexibility index (Phi) is 3.79. The predicted molar refractivity (Wildman–Crippen MR) is 72.8 cm³/mol. The van der Waals surface area contributed by atoms with Gasteiger partial charge in [0.05, 0.1) is 6.61 Å². The van der Waals surface area contributed by atoms with Crippen molar-refractivity contribution in [3.63, 3.8) is 0 Å². The molecule has 1 aromatic carbocycles. The van der Waals surface area contributed by atoms with Crippen LogP contribution in [0.2, 0.25) is 0 Å². The molecule has 2 rings (SSSR count). The van der Waals surface area contributed by atoms with Gasteiger partial charge in [0.25, 0.3) is 0 Å². The molecule has 1 aromatic heterocycles. The Balaban J connectivity index is 2.49. The van der Waals surface area contributed by atoms with Crippen molar-refractivity contribution in [3.05, 3.63) is 34.8 Å². The number of hydrogen-bond acceptors (Lipinski definition) is 3. The van der Waals surface area contributed by atoms with Crippen molar-refractivity contribution in [2.45, 2.75) is 27.2 Å². The van der Waals surface area contributed by atoms with E-state index >= 15 is 0 Å². The fourth-order valence-corrected chi connectivity index (χ4v) is 2.58. The zero-order valence-electron chi connectivity index (χ0n) is 10.5. The molecule has 0 fully saturated rings. The van der Waals surface area contributed by atoms with Crippen molar-refractivity contribution in [2.75, 3.05) is 6.61 Å². The van der Waals surface area contributed by atoms with Gasteiger partial charge in [0.2, 0.25) is 0 Å². The minimum absolute atomic E-state index is 0.709. The Hall–Kier alpha value is -1.35. The summed E-state index contributed by atoms with van der Waals surface area (Å²) in [6.45, 7) is 6.97. The topological polar surface area (TPSA) is 22.1 Å². The zero-order valence-corrected chi connectivity index (χ0v) is 11.3. The van der Waals surface area contributed by atoms with Crippen molar-refractivity contribution < 1.29 is 4.74 Å². The van der Waals surface area contributed by atoms with Gasteiger partial charge >= 0.3 is 0 Å². The molecule has 17 heavy (non-hydrogen) atoms. The number of benzene rings is 1. The lowest BCUT2D eigenvalue weighted by Gasteiger charge is -2.12. The minimum Gasteiger partial charge on any atom is -0.494 e. The third-order valence-corrected chi connectivity index (χ3v) is 3.55. The van der Waals surface area contributed by atoms with E-state index < -0.39 is 0 Å². The SMILES string of the molecule is CCOc1cc(CC)c(-c2nccs2)cc1C. The molecule has 0 saturated heterocycles. The van der Waals surface area contributed by atoms with E-state index in [-0.39, 0.29) is 0 Å². The number of thiazole rings is 1. The fraction of sp³-hybridized carbons (Fsp3) is 0.357. The summed E-state index contributed by atoms with van der Waals surface area (Å²) in [5.74, 6) is 0.990. The van der Waals surface area contributed by atoms with Gasteiger partial charge in [0, 0.05) is 17.1 Å². The molecule has 0 spiro atoms. The largest absolute Gasteiger partial charge is 0.494 e. The van der Waals surface area contributed by atoms with Crippen LogP contribution >= 0.6 is 11.3 Å². The van der Waals surface area contributed by atoms with Crippen LogP contribution in [0.15, 0.2) is 23.7 Å². The molecule has 0 bridgehead atoms. The van der Waals surface area contributed by atoms with Crippen LogP contribution in [0.25, 0.3) is 10.6 Å². The van der Waals surface area contributed by atoms with Crippen molar-refractivity contribution in [1.29, 1.82) is 0 Å². The fourth-order valence-electron chi connectivity index (χ4n) is 1.89. The van der Waals surface area contributed by atoms with E-state index in [2.05, 4.69) is 31.0 Å². The smallest absolute Gasteiger partial charge is 0.123 e. The van der Waals surface area contributed by atoms with Gasteiger partial charge in [0.1, 0.15) is 10.8 Å². The van der Waals surface area contributed by atoms with Crippen LogP contribution in [-0.4, -0.2) is 11.6 Å². The van der Waals surface area contributed by atoms with E-state index in [4.69, 9.17) is 4.74 Å². The Bertz CT molecular complexity index is 491. The van der Waals surface area contributed by atoms with Crippen molar-refractivity contribution in [2.24, 2.45) is 0 Å². The Morgan fingerprint density at radius 1 is 1.29 bits per heavy atom. The third kappa shape index (κ3) is 2.50. The number of nitrogens with zero attached hydrogens (tertiary/aromatic N) is 1. The van der Waals surface area contributed by atoms with Crippen molar-refractivity contribution in [1.82, 2.24) is 4.98 Å². The van der Waals surface area contributed by atoms with Gasteiger partial charge in [-0.05, 0) is 43.5 Å². The molecule has 2 aromatic rings. The molecule has 0 unspecified atom stereocenters. The monoisotopic (exact) mass is 247 g/mol. The number of rotatable bonds is 4. The lowest BCUT2D eigenvalue weighted by Crippen LogP contribution is -1.97. The second kappa shape index (κ2) is 5.32. The van der Waals surface area contributed by atoms with Gasteiger partial charge in [-0.15, -0.1) is 11.3 Å². The van der Waals surface area contributed by atoms with Gasteiger partial charge in [-0.3, -0.25) is 0 Å². The molecule has 3 heteroatoms. The quantitative estimate of drug-likeness (QED) is 0.812. The highest BCUT2D eigenvalue weighted by Crippen LogP contribution is 2.32. The summed E-state index contributed by atoms with van der Waals surface area (Å²) in [5, 5.41) is 3.11. The molecular weight excluding hydrogens is 230 g/mol. The zero-order chi connectivity index (χ0) is 12.3. The molecule has 1 heterocycles. The first-order chi connectivity index (χ1) is 8.26. The maximum atomic E-state index is 5.63. The van der Waals surface area contributed by atoms with Gasteiger partial charge in [-0.25, -0.2) is 4.98 Å². The highest BCUT2D eigenvalue weighted by Gasteiger charge is 2.10. The summed E-state index contributed by atoms with van der Waals surface area (Å²) in [6, 6.07) is 4.33. The highest BCUT2D eigenvalue weighted by molar-refractivity contribution is 7.13. The highest BCUT2D eigenvalue weighted by atomic mass is 32.1. The van der Waals surface area contributed by atoms with Crippen molar-refractivity contribution >= 4 is 11.3 Å². The van der Waals surface area contributed by atoms with E-state index in [1.165, 1.54) is 16.7 Å². The van der Waals surface area contributed by atoms with Crippen LogP contribution in [0.4, 0.5) is 0 Å². The first-order valence-corrected chi connectivity index (χ1v) is 6.80. The predicted octanol–water partition coefficient (Wildman–Crippen LogP) is 4.08. The molecule has 0 aliphatic heterocycles. The summed E-state index contributed by atoms with van der Waals surface area (Å²) < 4.78 is 5.63. The van der Waals surface area contributed by atoms with Gasteiger partial charge in [0.15, 0.2) is 0 Å². The van der Waals surface area contributed by atoms with E-state index in [1.807, 2.05) is 18.5 Å². The molecule has 0 atom stereocenters. The number of aromatic nitrogens is 1. The van der Waals surface area contributed by atoms with E-state index in [0.29, 0.717) is 6.61 Å². The van der Waals surface area contributed by atoms with Gasteiger partial charge in [-0.1, -0.05) is 6.92 Å². The van der Waals surface area contributed by atoms with Crippen LogP contribution < -0.4 is 4.74 Å². The summed E-state index contributed by atoms with van der Waals surface area (Å²) in [4.78, 5) is 4.39. The molecule has 0 aliphatic rings. The van der Waals surface area contributed by atoms with Crippen LogP contribution in [0, 0.1) is 6.92 Å². The second-order valence-corrected chi connectivity index (χ2v) is 4.79. The maximum Gasteiger partial charge on any atom is 0.123 e. The lowest BCUT2D eigenvalue weighted by molar-refractivity contribution is 0.337. The molecule has 90 valence electrons. The van der Waals surface area contributed by atoms with Crippen molar-refractivity contribution in [3.8, 4) is 16.3 Å². The van der Waals surface area contributed by atoms with E-state index in [1.54, 1.807) is 11.3 Å². The average molecular weight is 247 g/mol. The molecular formula is C14H17NOS.